The zero-order valence-corrected chi connectivity index (χ0v) is 9.15. The van der Waals surface area contributed by atoms with Crippen LogP contribution < -0.4 is 5.32 Å². The summed E-state index contributed by atoms with van der Waals surface area (Å²) in [6.07, 6.45) is 3.78. The normalized spacial score (nSPS) is 10.4. The molecule has 2 aromatic rings. The zero-order valence-electron chi connectivity index (χ0n) is 7.52. The first-order valence-corrected chi connectivity index (χ1v) is 5.23. The highest BCUT2D eigenvalue weighted by Crippen LogP contribution is 2.11. The highest BCUT2D eigenvalue weighted by atomic mass is 32.1. The predicted octanol–water partition coefficient (Wildman–Crippen LogP) is 1.55. The van der Waals surface area contributed by atoms with E-state index in [2.05, 4.69) is 20.6 Å². The van der Waals surface area contributed by atoms with Gasteiger partial charge in [-0.05, 0) is 12.2 Å². The average molecular weight is 227 g/mol. The van der Waals surface area contributed by atoms with Gasteiger partial charge in [0.2, 0.25) is 5.13 Å². The van der Waals surface area contributed by atoms with Gasteiger partial charge in [0.1, 0.15) is 0 Å². The first kappa shape index (κ1) is 9.35. The zero-order chi connectivity index (χ0) is 9.97. The lowest BCUT2D eigenvalue weighted by molar-refractivity contribution is 0.767. The van der Waals surface area contributed by atoms with Crippen molar-refractivity contribution >= 4 is 28.7 Å². The number of aromatic amines is 1. The lowest BCUT2D eigenvalue weighted by atomic mass is 10.4. The van der Waals surface area contributed by atoms with Gasteiger partial charge >= 0.3 is 0 Å². The Morgan fingerprint density at radius 2 is 2.57 bits per heavy atom. The summed E-state index contributed by atoms with van der Waals surface area (Å²) < 4.78 is 2.45. The third kappa shape index (κ3) is 2.18. The van der Waals surface area contributed by atoms with Crippen LogP contribution in [0.3, 0.4) is 0 Å². The van der Waals surface area contributed by atoms with E-state index >= 15 is 0 Å². The molecule has 7 heteroatoms. The van der Waals surface area contributed by atoms with E-state index in [1.807, 2.05) is 19.4 Å². The maximum Gasteiger partial charge on any atom is 0.204 e. The summed E-state index contributed by atoms with van der Waals surface area (Å²) >= 11 is 6.34. The highest BCUT2D eigenvalue weighted by molar-refractivity contribution is 7.73. The van der Waals surface area contributed by atoms with Crippen molar-refractivity contribution in [2.45, 2.75) is 6.54 Å². The molecule has 14 heavy (non-hydrogen) atoms. The van der Waals surface area contributed by atoms with Gasteiger partial charge in [-0.25, -0.2) is 0 Å². The fourth-order valence-corrected chi connectivity index (χ4v) is 1.83. The van der Waals surface area contributed by atoms with Gasteiger partial charge in [0, 0.05) is 25.4 Å². The highest BCUT2D eigenvalue weighted by Gasteiger charge is 1.98. The van der Waals surface area contributed by atoms with Gasteiger partial charge in [-0.1, -0.05) is 11.3 Å². The van der Waals surface area contributed by atoms with Crippen molar-refractivity contribution in [2.75, 3.05) is 5.32 Å². The Bertz CT molecular complexity index is 468. The van der Waals surface area contributed by atoms with Gasteiger partial charge in [-0.3, -0.25) is 9.78 Å². The lowest BCUT2D eigenvalue weighted by Gasteiger charge is -1.96. The third-order valence-electron chi connectivity index (χ3n) is 1.64. The minimum atomic E-state index is 0.679. The van der Waals surface area contributed by atoms with Gasteiger partial charge in [0.25, 0.3) is 0 Å². The summed E-state index contributed by atoms with van der Waals surface area (Å²) in [5.41, 5.74) is 1.12. The van der Waals surface area contributed by atoms with Crippen molar-refractivity contribution in [2.24, 2.45) is 7.05 Å². The Kier molecular flexibility index (Phi) is 2.60. The number of nitrogens with one attached hydrogen (secondary N) is 2. The van der Waals surface area contributed by atoms with E-state index in [1.165, 1.54) is 11.3 Å². The Balaban J connectivity index is 1.98. The molecule has 0 aliphatic rings. The van der Waals surface area contributed by atoms with Crippen LogP contribution in [0.5, 0.6) is 0 Å². The van der Waals surface area contributed by atoms with E-state index < -0.39 is 0 Å². The fourth-order valence-electron chi connectivity index (χ4n) is 1.05. The first-order valence-electron chi connectivity index (χ1n) is 4.01. The van der Waals surface area contributed by atoms with Crippen LogP contribution in [-0.4, -0.2) is 20.0 Å². The molecule has 0 aromatic carbocycles. The van der Waals surface area contributed by atoms with Crippen molar-refractivity contribution in [1.29, 1.82) is 0 Å². The van der Waals surface area contributed by atoms with Gasteiger partial charge in [0.05, 0.1) is 6.20 Å². The minimum Gasteiger partial charge on any atom is -0.356 e. The van der Waals surface area contributed by atoms with Crippen LogP contribution in [0.2, 0.25) is 0 Å². The van der Waals surface area contributed by atoms with E-state index in [9.17, 15) is 0 Å². The van der Waals surface area contributed by atoms with Gasteiger partial charge < -0.3 is 5.32 Å². The first-order chi connectivity index (χ1) is 6.74. The van der Waals surface area contributed by atoms with Crippen LogP contribution in [0.1, 0.15) is 5.56 Å². The molecule has 5 nitrogen and oxygen atoms in total. The SMILES string of the molecule is Cn1cc(CNc2n[nH]c(=S)s2)cn1. The average Bonchev–Trinajstić information content (AvgIpc) is 2.72. The van der Waals surface area contributed by atoms with E-state index in [0.29, 0.717) is 10.5 Å². The summed E-state index contributed by atoms with van der Waals surface area (Å²) in [6.45, 7) is 0.712. The Morgan fingerprint density at radius 3 is 3.14 bits per heavy atom. The molecular formula is C7H9N5S2. The van der Waals surface area contributed by atoms with E-state index in [0.717, 1.165) is 10.7 Å². The second-order valence-corrected chi connectivity index (χ2v) is 4.46. The predicted molar refractivity (Wildman–Crippen MR) is 57.8 cm³/mol. The fraction of sp³-hybridized carbons (Fsp3) is 0.286. The summed E-state index contributed by atoms with van der Waals surface area (Å²) in [7, 11) is 1.89. The molecule has 0 saturated heterocycles. The van der Waals surface area contributed by atoms with Crippen LogP contribution >= 0.6 is 23.6 Å². The Morgan fingerprint density at radius 1 is 1.71 bits per heavy atom. The summed E-state index contributed by atoms with van der Waals surface area (Å²) in [5, 5.41) is 14.7. The Hall–Kier alpha value is -1.21. The van der Waals surface area contributed by atoms with Crippen LogP contribution in [0.25, 0.3) is 0 Å². The molecule has 0 unspecified atom stereocenters. The van der Waals surface area contributed by atoms with Crippen molar-refractivity contribution in [1.82, 2.24) is 20.0 Å². The lowest BCUT2D eigenvalue weighted by Crippen LogP contribution is -1.97. The summed E-state index contributed by atoms with van der Waals surface area (Å²) in [4.78, 5) is 0. The smallest absolute Gasteiger partial charge is 0.204 e. The third-order valence-corrected chi connectivity index (χ3v) is 2.69. The van der Waals surface area contributed by atoms with E-state index in [4.69, 9.17) is 12.2 Å². The molecule has 2 heterocycles. The minimum absolute atomic E-state index is 0.679. The number of H-pyrrole nitrogens is 1. The number of hydrogen-bond acceptors (Lipinski definition) is 5. The molecule has 0 atom stereocenters. The number of rotatable bonds is 3. The number of nitrogens with zero attached hydrogens (tertiary/aromatic N) is 3. The molecular weight excluding hydrogens is 218 g/mol. The second kappa shape index (κ2) is 3.89. The molecule has 0 saturated carbocycles. The largest absolute Gasteiger partial charge is 0.356 e. The molecule has 74 valence electrons. The maximum atomic E-state index is 4.91. The number of aromatic nitrogens is 4. The standard InChI is InChI=1S/C7H9N5S2/c1-12-4-5(3-9-12)2-8-6-10-11-7(13)14-6/h3-4H,2H2,1H3,(H,8,10)(H,11,13). The molecule has 0 amide bonds. The number of aryl methyl sites for hydroxylation is 1. The molecule has 0 radical (unpaired) electrons. The van der Waals surface area contributed by atoms with Crippen LogP contribution in [0, 0.1) is 3.95 Å². The van der Waals surface area contributed by atoms with Crippen molar-refractivity contribution in [3.05, 3.63) is 21.9 Å². The molecule has 0 fully saturated rings. The molecule has 0 bridgehead atoms. The van der Waals surface area contributed by atoms with Crippen LogP contribution in [0.4, 0.5) is 5.13 Å². The molecule has 2 rings (SSSR count). The molecule has 0 aliphatic carbocycles. The molecule has 2 aromatic heterocycles. The van der Waals surface area contributed by atoms with E-state index in [1.54, 1.807) is 4.68 Å². The van der Waals surface area contributed by atoms with Gasteiger partial charge in [-0.15, -0.1) is 5.10 Å². The monoisotopic (exact) mass is 227 g/mol. The quantitative estimate of drug-likeness (QED) is 0.781. The molecule has 2 N–H and O–H groups in total. The van der Waals surface area contributed by atoms with Crippen LogP contribution in [0.15, 0.2) is 12.4 Å². The summed E-state index contributed by atoms with van der Waals surface area (Å²) in [5.74, 6) is 0. The Labute approximate surface area is 89.8 Å². The van der Waals surface area contributed by atoms with Crippen molar-refractivity contribution in [3.63, 3.8) is 0 Å². The van der Waals surface area contributed by atoms with E-state index in [-0.39, 0.29) is 0 Å². The van der Waals surface area contributed by atoms with Gasteiger partial charge in [-0.2, -0.15) is 5.10 Å². The number of anilines is 1. The van der Waals surface area contributed by atoms with Gasteiger partial charge in [0.15, 0.2) is 3.95 Å². The van der Waals surface area contributed by atoms with Crippen LogP contribution in [-0.2, 0) is 13.6 Å². The topological polar surface area (TPSA) is 58.5 Å². The summed E-state index contributed by atoms with van der Waals surface area (Å²) in [6, 6.07) is 0. The van der Waals surface area contributed by atoms with Crippen molar-refractivity contribution in [3.8, 4) is 0 Å². The second-order valence-electron chi connectivity index (χ2n) is 2.79. The molecule has 0 spiro atoms. The number of hydrogen-bond donors (Lipinski definition) is 2. The van der Waals surface area contributed by atoms with Crippen molar-refractivity contribution < 1.29 is 0 Å². The molecule has 0 aliphatic heterocycles. The maximum absolute atomic E-state index is 4.91.